The summed E-state index contributed by atoms with van der Waals surface area (Å²) in [5, 5.41) is 10.5. The Morgan fingerprint density at radius 2 is 2.08 bits per heavy atom. The molecule has 3 heterocycles. The van der Waals surface area contributed by atoms with Crippen LogP contribution in [-0.4, -0.2) is 49.8 Å². The standard InChI is InChI=1S/C16H16ClN5OS/c17-10-4-5-12-11(8-10)14-15(18-12)19-16(21-20-14)24-9-13(23)22-6-2-1-3-7-22/h4-5,8H,1-3,6-7,9H2,(H,18,19,21). The third-order valence-corrected chi connectivity index (χ3v) is 5.25. The average Bonchev–Trinajstić information content (AvgIpc) is 2.97. The van der Waals surface area contributed by atoms with Gasteiger partial charge in [0.05, 0.1) is 5.75 Å². The molecule has 0 spiro atoms. The molecule has 1 aliphatic heterocycles. The highest BCUT2D eigenvalue weighted by Gasteiger charge is 2.17. The van der Waals surface area contributed by atoms with Gasteiger partial charge >= 0.3 is 0 Å². The second-order valence-electron chi connectivity index (χ2n) is 5.84. The molecule has 2 aromatic heterocycles. The number of carbonyl (C=O) groups is 1. The minimum absolute atomic E-state index is 0.145. The Hall–Kier alpha value is -1.86. The molecule has 0 bridgehead atoms. The fraction of sp³-hybridized carbons (Fsp3) is 0.375. The predicted octanol–water partition coefficient (Wildman–Crippen LogP) is 3.26. The lowest BCUT2D eigenvalue weighted by molar-refractivity contribution is -0.129. The zero-order valence-electron chi connectivity index (χ0n) is 13.0. The van der Waals surface area contributed by atoms with Crippen LogP contribution >= 0.6 is 23.4 Å². The molecule has 0 aliphatic carbocycles. The molecular weight excluding hydrogens is 346 g/mol. The maximum atomic E-state index is 12.2. The number of nitrogens with zero attached hydrogens (tertiary/aromatic N) is 4. The van der Waals surface area contributed by atoms with Gasteiger partial charge in [-0.1, -0.05) is 23.4 Å². The number of H-pyrrole nitrogens is 1. The van der Waals surface area contributed by atoms with Crippen molar-refractivity contribution in [2.75, 3.05) is 18.8 Å². The lowest BCUT2D eigenvalue weighted by atomic mass is 10.1. The number of benzene rings is 1. The molecule has 1 aliphatic rings. The van der Waals surface area contributed by atoms with Crippen molar-refractivity contribution in [1.82, 2.24) is 25.1 Å². The van der Waals surface area contributed by atoms with Crippen molar-refractivity contribution < 1.29 is 4.79 Å². The van der Waals surface area contributed by atoms with Gasteiger partial charge in [-0.15, -0.1) is 10.2 Å². The number of rotatable bonds is 3. The van der Waals surface area contributed by atoms with E-state index in [4.69, 9.17) is 11.6 Å². The van der Waals surface area contributed by atoms with Gasteiger partial charge in [0.15, 0.2) is 5.65 Å². The number of aromatic nitrogens is 4. The molecule has 1 saturated heterocycles. The van der Waals surface area contributed by atoms with Crippen LogP contribution in [0.5, 0.6) is 0 Å². The van der Waals surface area contributed by atoms with Crippen molar-refractivity contribution in [3.05, 3.63) is 23.2 Å². The minimum atomic E-state index is 0.145. The van der Waals surface area contributed by atoms with Crippen LogP contribution in [0.2, 0.25) is 5.02 Å². The SMILES string of the molecule is O=C(CSc1nnc2c(n1)[nH]c1ccc(Cl)cc12)N1CCCCC1. The van der Waals surface area contributed by atoms with Crippen molar-refractivity contribution in [2.45, 2.75) is 24.4 Å². The predicted molar refractivity (Wildman–Crippen MR) is 95.4 cm³/mol. The lowest BCUT2D eigenvalue weighted by Crippen LogP contribution is -2.36. The maximum Gasteiger partial charge on any atom is 0.233 e. The molecule has 124 valence electrons. The number of thioether (sulfide) groups is 1. The summed E-state index contributed by atoms with van der Waals surface area (Å²) in [6.45, 7) is 1.72. The molecule has 24 heavy (non-hydrogen) atoms. The molecule has 3 aromatic rings. The summed E-state index contributed by atoms with van der Waals surface area (Å²) in [6, 6.07) is 5.56. The molecule has 1 aromatic carbocycles. The number of carbonyl (C=O) groups excluding carboxylic acids is 1. The van der Waals surface area contributed by atoms with Gasteiger partial charge in [0.25, 0.3) is 0 Å². The number of piperidine rings is 1. The van der Waals surface area contributed by atoms with E-state index in [1.165, 1.54) is 18.2 Å². The first-order chi connectivity index (χ1) is 11.7. The summed E-state index contributed by atoms with van der Waals surface area (Å²) < 4.78 is 0. The van der Waals surface area contributed by atoms with Gasteiger partial charge in [-0.05, 0) is 37.5 Å². The Bertz CT molecular complexity index is 906. The Morgan fingerprint density at radius 3 is 2.92 bits per heavy atom. The summed E-state index contributed by atoms with van der Waals surface area (Å²) in [6.07, 6.45) is 3.40. The first kappa shape index (κ1) is 15.7. The summed E-state index contributed by atoms with van der Waals surface area (Å²) in [7, 11) is 0. The molecule has 4 rings (SSSR count). The van der Waals surface area contributed by atoms with Crippen LogP contribution < -0.4 is 0 Å². The van der Waals surface area contributed by atoms with Crippen molar-refractivity contribution in [3.8, 4) is 0 Å². The van der Waals surface area contributed by atoms with Gasteiger partial charge in [0.2, 0.25) is 11.1 Å². The van der Waals surface area contributed by atoms with Crippen LogP contribution in [-0.2, 0) is 4.79 Å². The summed E-state index contributed by atoms with van der Waals surface area (Å²) in [5.41, 5.74) is 2.28. The third-order valence-electron chi connectivity index (χ3n) is 4.19. The van der Waals surface area contributed by atoms with Gasteiger partial charge in [0.1, 0.15) is 5.52 Å². The summed E-state index contributed by atoms with van der Waals surface area (Å²) >= 11 is 7.36. The fourth-order valence-electron chi connectivity index (χ4n) is 2.95. The molecule has 0 atom stereocenters. The highest BCUT2D eigenvalue weighted by molar-refractivity contribution is 7.99. The molecule has 1 fully saturated rings. The normalized spacial score (nSPS) is 15.3. The van der Waals surface area contributed by atoms with E-state index in [1.54, 1.807) is 0 Å². The molecule has 1 N–H and O–H groups in total. The smallest absolute Gasteiger partial charge is 0.233 e. The van der Waals surface area contributed by atoms with E-state index in [2.05, 4.69) is 20.2 Å². The van der Waals surface area contributed by atoms with Crippen LogP contribution in [0, 0.1) is 0 Å². The van der Waals surface area contributed by atoms with Crippen molar-refractivity contribution in [2.24, 2.45) is 0 Å². The molecule has 0 radical (unpaired) electrons. The largest absolute Gasteiger partial charge is 0.342 e. The lowest BCUT2D eigenvalue weighted by Gasteiger charge is -2.26. The molecule has 8 heteroatoms. The second kappa shape index (κ2) is 6.57. The zero-order chi connectivity index (χ0) is 16.5. The number of likely N-dealkylation sites (tertiary alicyclic amines) is 1. The monoisotopic (exact) mass is 361 g/mol. The highest BCUT2D eigenvalue weighted by Crippen LogP contribution is 2.26. The molecular formula is C16H16ClN5OS. The Balaban J connectivity index is 1.52. The quantitative estimate of drug-likeness (QED) is 0.725. The van der Waals surface area contributed by atoms with Gasteiger partial charge < -0.3 is 9.88 Å². The van der Waals surface area contributed by atoms with Crippen molar-refractivity contribution >= 4 is 51.3 Å². The van der Waals surface area contributed by atoms with E-state index in [0.29, 0.717) is 27.1 Å². The van der Waals surface area contributed by atoms with Crippen LogP contribution in [0.1, 0.15) is 19.3 Å². The summed E-state index contributed by atoms with van der Waals surface area (Å²) in [5.74, 6) is 0.492. The van der Waals surface area contributed by atoms with E-state index in [0.717, 1.165) is 36.8 Å². The van der Waals surface area contributed by atoms with Crippen LogP contribution in [0.4, 0.5) is 0 Å². The van der Waals surface area contributed by atoms with Crippen LogP contribution in [0.25, 0.3) is 22.1 Å². The first-order valence-electron chi connectivity index (χ1n) is 7.93. The van der Waals surface area contributed by atoms with E-state index in [1.807, 2.05) is 23.1 Å². The zero-order valence-corrected chi connectivity index (χ0v) is 14.5. The molecule has 6 nitrogen and oxygen atoms in total. The highest BCUT2D eigenvalue weighted by atomic mass is 35.5. The van der Waals surface area contributed by atoms with Gasteiger partial charge in [-0.2, -0.15) is 0 Å². The Labute approximate surface area is 148 Å². The van der Waals surface area contributed by atoms with Crippen molar-refractivity contribution in [1.29, 1.82) is 0 Å². The minimum Gasteiger partial charge on any atom is -0.342 e. The summed E-state index contributed by atoms with van der Waals surface area (Å²) in [4.78, 5) is 21.8. The Kier molecular flexibility index (Phi) is 4.28. The van der Waals surface area contributed by atoms with Gasteiger partial charge in [-0.25, -0.2) is 4.98 Å². The number of halogens is 1. The number of fused-ring (bicyclic) bond motifs is 3. The number of nitrogens with one attached hydrogen (secondary N) is 1. The number of aromatic amines is 1. The van der Waals surface area contributed by atoms with E-state index in [9.17, 15) is 4.79 Å². The molecule has 1 amide bonds. The van der Waals surface area contributed by atoms with E-state index < -0.39 is 0 Å². The Morgan fingerprint density at radius 1 is 1.25 bits per heavy atom. The fourth-order valence-corrected chi connectivity index (χ4v) is 3.81. The molecule has 0 unspecified atom stereocenters. The van der Waals surface area contributed by atoms with Gasteiger partial charge in [-0.3, -0.25) is 4.79 Å². The van der Waals surface area contributed by atoms with Gasteiger partial charge in [0, 0.05) is 29.0 Å². The van der Waals surface area contributed by atoms with Crippen LogP contribution in [0.15, 0.2) is 23.4 Å². The first-order valence-corrected chi connectivity index (χ1v) is 9.29. The number of hydrogen-bond donors (Lipinski definition) is 1. The number of amides is 1. The topological polar surface area (TPSA) is 74.8 Å². The van der Waals surface area contributed by atoms with Crippen molar-refractivity contribution in [3.63, 3.8) is 0 Å². The molecule has 0 saturated carbocycles. The average molecular weight is 362 g/mol. The second-order valence-corrected chi connectivity index (χ2v) is 7.22. The maximum absolute atomic E-state index is 12.2. The van der Waals surface area contributed by atoms with E-state index in [-0.39, 0.29) is 5.91 Å². The number of hydrogen-bond acceptors (Lipinski definition) is 5. The third kappa shape index (κ3) is 3.06. The van der Waals surface area contributed by atoms with Crippen LogP contribution in [0.3, 0.4) is 0 Å². The van der Waals surface area contributed by atoms with E-state index >= 15 is 0 Å².